The molecule has 0 aliphatic heterocycles. The molecule has 0 atom stereocenters. The zero-order chi connectivity index (χ0) is 7.56. The molecule has 0 aliphatic carbocycles. The van der Waals surface area contributed by atoms with Crippen molar-refractivity contribution in [1.82, 2.24) is 0 Å². The van der Waals surface area contributed by atoms with Gasteiger partial charge >= 0.3 is 0 Å². The fourth-order valence-corrected chi connectivity index (χ4v) is 0.928. The van der Waals surface area contributed by atoms with Crippen LogP contribution in [0.4, 0.5) is 5.69 Å². The normalized spacial score (nSPS) is 9.30. The van der Waals surface area contributed by atoms with Crippen LogP contribution in [-0.4, -0.2) is 0 Å². The zero-order valence-electron chi connectivity index (χ0n) is 6.09. The highest BCUT2D eigenvalue weighted by molar-refractivity contribution is 5.56. The van der Waals surface area contributed by atoms with Gasteiger partial charge in [-0.25, -0.2) is 0 Å². The van der Waals surface area contributed by atoms with Gasteiger partial charge in [0.1, 0.15) is 0 Å². The molecule has 0 amide bonds. The number of aryl methyl sites for hydroxylation is 1. The van der Waals surface area contributed by atoms with Crippen LogP contribution < -0.4 is 5.73 Å². The Morgan fingerprint density at radius 2 is 2.20 bits per heavy atom. The van der Waals surface area contributed by atoms with Gasteiger partial charge in [-0.3, -0.25) is 0 Å². The van der Waals surface area contributed by atoms with Crippen molar-refractivity contribution in [1.29, 1.82) is 0 Å². The molecule has 1 heteroatoms. The van der Waals surface area contributed by atoms with Crippen molar-refractivity contribution in [3.63, 3.8) is 0 Å². The number of benzene rings is 1. The Morgan fingerprint density at radius 1 is 1.50 bits per heavy atom. The highest BCUT2D eigenvalue weighted by Gasteiger charge is 1.91. The number of nitrogen functional groups attached to an aromatic ring is 1. The molecule has 0 fully saturated rings. The van der Waals surface area contributed by atoms with Gasteiger partial charge in [-0.05, 0) is 30.2 Å². The summed E-state index contributed by atoms with van der Waals surface area (Å²) in [6.07, 6.45) is 1.83. The number of nitrogens with two attached hydrogens (primary N) is 1. The summed E-state index contributed by atoms with van der Waals surface area (Å²) in [4.78, 5) is 0. The average Bonchev–Trinajstić information content (AvgIpc) is 1.88. The SMILES string of the molecule is C=Cc1ccc(N)cc1C. The molecule has 1 rings (SSSR count). The Hall–Kier alpha value is -1.24. The summed E-state index contributed by atoms with van der Waals surface area (Å²) in [6.45, 7) is 5.70. The number of anilines is 1. The monoisotopic (exact) mass is 133 g/mol. The summed E-state index contributed by atoms with van der Waals surface area (Å²) in [5, 5.41) is 0. The lowest BCUT2D eigenvalue weighted by molar-refractivity contribution is 1.45. The molecule has 0 bridgehead atoms. The third-order valence-corrected chi connectivity index (χ3v) is 1.51. The second kappa shape index (κ2) is 2.56. The van der Waals surface area contributed by atoms with Crippen molar-refractivity contribution in [2.24, 2.45) is 0 Å². The molecule has 1 nitrogen and oxygen atoms in total. The predicted octanol–water partition coefficient (Wildman–Crippen LogP) is 2.22. The van der Waals surface area contributed by atoms with Gasteiger partial charge in [-0.1, -0.05) is 18.7 Å². The van der Waals surface area contributed by atoms with Crippen LogP contribution >= 0.6 is 0 Å². The van der Waals surface area contributed by atoms with Crippen molar-refractivity contribution in [2.45, 2.75) is 6.92 Å². The van der Waals surface area contributed by atoms with Crippen LogP contribution in [-0.2, 0) is 0 Å². The molecule has 52 valence electrons. The average molecular weight is 133 g/mol. The summed E-state index contributed by atoms with van der Waals surface area (Å²) in [5.41, 5.74) is 8.68. The third-order valence-electron chi connectivity index (χ3n) is 1.51. The highest BCUT2D eigenvalue weighted by atomic mass is 14.5. The highest BCUT2D eigenvalue weighted by Crippen LogP contribution is 2.12. The maximum Gasteiger partial charge on any atom is 0.0317 e. The Balaban J connectivity index is 3.19. The first-order chi connectivity index (χ1) is 4.74. The molecule has 1 aromatic rings. The van der Waals surface area contributed by atoms with Gasteiger partial charge < -0.3 is 5.73 Å². The lowest BCUT2D eigenvalue weighted by Crippen LogP contribution is -1.86. The van der Waals surface area contributed by atoms with Gasteiger partial charge in [0, 0.05) is 5.69 Å². The second-order valence-electron chi connectivity index (χ2n) is 2.32. The van der Waals surface area contributed by atoms with Crippen molar-refractivity contribution < 1.29 is 0 Å². The minimum atomic E-state index is 0.808. The first-order valence-electron chi connectivity index (χ1n) is 3.22. The first kappa shape index (κ1) is 6.87. The standard InChI is InChI=1S/C9H11N/c1-3-8-4-5-9(10)6-7(8)2/h3-6H,1,10H2,2H3. The maximum atomic E-state index is 5.55. The van der Waals surface area contributed by atoms with Gasteiger partial charge in [-0.15, -0.1) is 0 Å². The lowest BCUT2D eigenvalue weighted by atomic mass is 10.1. The minimum absolute atomic E-state index is 0.808. The first-order valence-corrected chi connectivity index (χ1v) is 3.22. The minimum Gasteiger partial charge on any atom is -0.399 e. The molecule has 0 aromatic heterocycles. The molecule has 1 aromatic carbocycles. The molecule has 0 radical (unpaired) electrons. The van der Waals surface area contributed by atoms with Crippen LogP contribution in [0, 0.1) is 6.92 Å². The van der Waals surface area contributed by atoms with E-state index in [0.717, 1.165) is 11.3 Å². The smallest absolute Gasteiger partial charge is 0.0317 e. The van der Waals surface area contributed by atoms with Gasteiger partial charge in [0.2, 0.25) is 0 Å². The molecule has 0 saturated heterocycles. The van der Waals surface area contributed by atoms with E-state index in [1.54, 1.807) is 0 Å². The van der Waals surface area contributed by atoms with Crippen molar-refractivity contribution in [3.05, 3.63) is 35.9 Å². The lowest BCUT2D eigenvalue weighted by Gasteiger charge is -1.99. The Labute approximate surface area is 61.2 Å². The Bertz CT molecular complexity index is 251. The van der Waals surface area contributed by atoms with Crippen LogP contribution in [0.15, 0.2) is 24.8 Å². The number of hydrogen-bond donors (Lipinski definition) is 1. The Kier molecular flexibility index (Phi) is 1.76. The molecule has 0 spiro atoms. The summed E-state index contributed by atoms with van der Waals surface area (Å²) >= 11 is 0. The predicted molar refractivity (Wildman–Crippen MR) is 45.7 cm³/mol. The zero-order valence-corrected chi connectivity index (χ0v) is 6.09. The van der Waals surface area contributed by atoms with Gasteiger partial charge in [0.25, 0.3) is 0 Å². The maximum absolute atomic E-state index is 5.55. The van der Waals surface area contributed by atoms with Crippen molar-refractivity contribution in [2.75, 3.05) is 5.73 Å². The summed E-state index contributed by atoms with van der Waals surface area (Å²) in [7, 11) is 0. The quantitative estimate of drug-likeness (QED) is 0.584. The van der Waals surface area contributed by atoms with E-state index in [1.165, 1.54) is 5.56 Å². The largest absolute Gasteiger partial charge is 0.399 e. The van der Waals surface area contributed by atoms with E-state index in [-0.39, 0.29) is 0 Å². The van der Waals surface area contributed by atoms with Crippen molar-refractivity contribution in [3.8, 4) is 0 Å². The molecule has 10 heavy (non-hydrogen) atoms. The van der Waals surface area contributed by atoms with E-state index in [9.17, 15) is 0 Å². The number of hydrogen-bond acceptors (Lipinski definition) is 1. The van der Waals surface area contributed by atoms with Crippen molar-refractivity contribution >= 4 is 11.8 Å². The van der Waals surface area contributed by atoms with E-state index in [1.807, 2.05) is 31.2 Å². The topological polar surface area (TPSA) is 26.0 Å². The molecule has 2 N–H and O–H groups in total. The molecule has 0 aliphatic rings. The number of rotatable bonds is 1. The third kappa shape index (κ3) is 1.18. The van der Waals surface area contributed by atoms with E-state index >= 15 is 0 Å². The summed E-state index contributed by atoms with van der Waals surface area (Å²) in [6, 6.07) is 5.79. The fourth-order valence-electron chi connectivity index (χ4n) is 0.928. The van der Waals surface area contributed by atoms with Gasteiger partial charge in [0.05, 0.1) is 0 Å². The van der Waals surface area contributed by atoms with E-state index in [4.69, 9.17) is 5.73 Å². The van der Waals surface area contributed by atoms with Gasteiger partial charge in [0.15, 0.2) is 0 Å². The van der Waals surface area contributed by atoms with E-state index in [0.29, 0.717) is 0 Å². The van der Waals surface area contributed by atoms with Crippen LogP contribution in [0.1, 0.15) is 11.1 Å². The molecular formula is C9H11N. The van der Waals surface area contributed by atoms with E-state index in [2.05, 4.69) is 6.58 Å². The molecular weight excluding hydrogens is 122 g/mol. The molecule has 0 unspecified atom stereocenters. The van der Waals surface area contributed by atoms with Crippen LogP contribution in [0.3, 0.4) is 0 Å². The molecule has 0 saturated carbocycles. The van der Waals surface area contributed by atoms with Gasteiger partial charge in [-0.2, -0.15) is 0 Å². The van der Waals surface area contributed by atoms with Crippen LogP contribution in [0.25, 0.3) is 6.08 Å². The summed E-state index contributed by atoms with van der Waals surface area (Å²) < 4.78 is 0. The molecule has 0 heterocycles. The van der Waals surface area contributed by atoms with Crippen LogP contribution in [0.5, 0.6) is 0 Å². The van der Waals surface area contributed by atoms with E-state index < -0.39 is 0 Å². The fraction of sp³-hybridized carbons (Fsp3) is 0.111. The Morgan fingerprint density at radius 3 is 2.70 bits per heavy atom. The second-order valence-corrected chi connectivity index (χ2v) is 2.32. The summed E-state index contributed by atoms with van der Waals surface area (Å²) in [5.74, 6) is 0. The van der Waals surface area contributed by atoms with Crippen LogP contribution in [0.2, 0.25) is 0 Å².